The first-order valence-electron chi connectivity index (χ1n) is 9.57. The number of alkyl carbamates (subject to hydrolysis) is 1. The molecule has 0 unspecified atom stereocenters. The number of hydrogen-bond donors (Lipinski definition) is 1. The van der Waals surface area contributed by atoms with Crippen LogP contribution in [-0.4, -0.2) is 51.0 Å². The van der Waals surface area contributed by atoms with Gasteiger partial charge in [-0.15, -0.1) is 0 Å². The zero-order valence-electron chi connectivity index (χ0n) is 17.5. The number of amides is 1. The summed E-state index contributed by atoms with van der Waals surface area (Å²) in [6.45, 7) is 11.3. The van der Waals surface area contributed by atoms with Gasteiger partial charge in [-0.3, -0.25) is 0 Å². The van der Waals surface area contributed by atoms with Gasteiger partial charge in [-0.2, -0.15) is 0 Å². The van der Waals surface area contributed by atoms with Gasteiger partial charge < -0.3 is 24.3 Å². The van der Waals surface area contributed by atoms with Gasteiger partial charge in [0.05, 0.1) is 13.2 Å². The Balaban J connectivity index is 2.11. The number of rotatable bonds is 13. The Bertz CT molecular complexity index is 740. The topological polar surface area (TPSA) is 100 Å². The molecule has 0 aliphatic heterocycles. The molecule has 0 aliphatic carbocycles. The van der Waals surface area contributed by atoms with Crippen LogP contribution >= 0.6 is 0 Å². The van der Waals surface area contributed by atoms with Crippen molar-refractivity contribution in [2.75, 3.05) is 33.0 Å². The third kappa shape index (κ3) is 10.9. The highest BCUT2D eigenvalue weighted by molar-refractivity contribution is 5.87. The maximum absolute atomic E-state index is 11.5. The molecule has 0 radical (unpaired) electrons. The van der Waals surface area contributed by atoms with Crippen molar-refractivity contribution in [1.29, 1.82) is 0 Å². The monoisotopic (exact) mass is 419 g/mol. The van der Waals surface area contributed by atoms with E-state index in [1.165, 1.54) is 0 Å². The van der Waals surface area contributed by atoms with Crippen molar-refractivity contribution >= 4 is 18.0 Å². The molecule has 164 valence electrons. The van der Waals surface area contributed by atoms with Gasteiger partial charge in [-0.1, -0.05) is 25.3 Å². The second kappa shape index (κ2) is 13.8. The molecule has 0 atom stereocenters. The zero-order valence-corrected chi connectivity index (χ0v) is 17.5. The first kappa shape index (κ1) is 24.7. The molecule has 1 N–H and O–H groups in total. The molecule has 0 fully saturated rings. The van der Waals surface area contributed by atoms with E-state index in [4.69, 9.17) is 18.9 Å². The van der Waals surface area contributed by atoms with E-state index >= 15 is 0 Å². The van der Waals surface area contributed by atoms with Gasteiger partial charge in [0.1, 0.15) is 19.0 Å². The fraction of sp³-hybridized carbons (Fsp3) is 0.409. The molecule has 1 aromatic rings. The second-order valence-electron chi connectivity index (χ2n) is 6.49. The highest BCUT2D eigenvalue weighted by Crippen LogP contribution is 2.12. The first-order chi connectivity index (χ1) is 14.3. The molecule has 0 saturated heterocycles. The van der Waals surface area contributed by atoms with Crippen LogP contribution in [0.3, 0.4) is 0 Å². The van der Waals surface area contributed by atoms with Gasteiger partial charge in [0.25, 0.3) is 0 Å². The number of hydrogen-bond acceptors (Lipinski definition) is 7. The van der Waals surface area contributed by atoms with Crippen molar-refractivity contribution in [2.45, 2.75) is 26.7 Å². The van der Waals surface area contributed by atoms with Crippen LogP contribution in [-0.2, 0) is 30.2 Å². The lowest BCUT2D eigenvalue weighted by Crippen LogP contribution is -2.27. The number of benzene rings is 1. The lowest BCUT2D eigenvalue weighted by Gasteiger charge is -2.09. The Morgan fingerprint density at radius 1 is 0.833 bits per heavy atom. The van der Waals surface area contributed by atoms with Crippen molar-refractivity contribution < 1.29 is 33.3 Å². The molecule has 8 nitrogen and oxygen atoms in total. The first-order valence-corrected chi connectivity index (χ1v) is 9.57. The van der Waals surface area contributed by atoms with Gasteiger partial charge in [0.2, 0.25) is 0 Å². The van der Waals surface area contributed by atoms with Crippen molar-refractivity contribution in [3.63, 3.8) is 0 Å². The van der Waals surface area contributed by atoms with Crippen LogP contribution in [0.1, 0.15) is 25.8 Å². The molecule has 0 bridgehead atoms. The summed E-state index contributed by atoms with van der Waals surface area (Å²) >= 11 is 0. The van der Waals surface area contributed by atoms with E-state index < -0.39 is 18.0 Å². The molecule has 1 amide bonds. The number of carbonyl (C=O) groups excluding carboxylic acids is 3. The lowest BCUT2D eigenvalue weighted by molar-refractivity contribution is -0.139. The van der Waals surface area contributed by atoms with Gasteiger partial charge in [0, 0.05) is 24.1 Å². The minimum absolute atomic E-state index is 0.0923. The fourth-order valence-electron chi connectivity index (χ4n) is 2.03. The van der Waals surface area contributed by atoms with Crippen molar-refractivity contribution in [1.82, 2.24) is 5.32 Å². The van der Waals surface area contributed by atoms with E-state index in [1.807, 2.05) is 12.1 Å². The normalized spacial score (nSPS) is 9.93. The average Bonchev–Trinajstić information content (AvgIpc) is 2.71. The minimum Gasteiger partial charge on any atom is -0.490 e. The van der Waals surface area contributed by atoms with E-state index in [0.717, 1.165) is 5.56 Å². The summed E-state index contributed by atoms with van der Waals surface area (Å²) in [6, 6.07) is 7.33. The molecule has 1 aromatic carbocycles. The Labute approximate surface area is 176 Å². The van der Waals surface area contributed by atoms with Crippen molar-refractivity contribution in [2.24, 2.45) is 0 Å². The van der Waals surface area contributed by atoms with E-state index in [-0.39, 0.29) is 26.4 Å². The molecule has 0 saturated carbocycles. The Hall–Kier alpha value is -3.29. The zero-order chi connectivity index (χ0) is 22.4. The molecule has 8 heteroatoms. The summed E-state index contributed by atoms with van der Waals surface area (Å²) < 4.78 is 20.5. The summed E-state index contributed by atoms with van der Waals surface area (Å²) in [6.07, 6.45) is 0.503. The van der Waals surface area contributed by atoms with E-state index in [0.29, 0.717) is 36.3 Å². The summed E-state index contributed by atoms with van der Waals surface area (Å²) in [5.41, 5.74) is 1.71. The van der Waals surface area contributed by atoms with Crippen LogP contribution in [0.5, 0.6) is 5.75 Å². The maximum atomic E-state index is 11.5. The van der Waals surface area contributed by atoms with Gasteiger partial charge >= 0.3 is 18.0 Å². The third-order valence-electron chi connectivity index (χ3n) is 3.65. The van der Waals surface area contributed by atoms with Crippen LogP contribution in [0.2, 0.25) is 0 Å². The predicted octanol–water partition coefficient (Wildman–Crippen LogP) is 2.96. The molecule has 0 spiro atoms. The summed E-state index contributed by atoms with van der Waals surface area (Å²) in [5.74, 6) is -0.208. The van der Waals surface area contributed by atoms with Gasteiger partial charge in [-0.05, 0) is 38.0 Å². The number of nitrogens with one attached hydrogen (secondary N) is 1. The van der Waals surface area contributed by atoms with Crippen LogP contribution < -0.4 is 10.1 Å². The van der Waals surface area contributed by atoms with Crippen molar-refractivity contribution in [3.05, 3.63) is 54.1 Å². The minimum atomic E-state index is -0.565. The smallest absolute Gasteiger partial charge is 0.407 e. The lowest BCUT2D eigenvalue weighted by atomic mass is 10.1. The SMILES string of the molecule is C=C(C)C(=O)OCCCNC(=O)OCCOc1ccc(CCOC(=O)C(=C)C)cc1. The van der Waals surface area contributed by atoms with E-state index in [2.05, 4.69) is 18.5 Å². The predicted molar refractivity (Wildman–Crippen MR) is 111 cm³/mol. The maximum Gasteiger partial charge on any atom is 0.407 e. The molecule has 0 aliphatic rings. The van der Waals surface area contributed by atoms with Crippen molar-refractivity contribution in [3.8, 4) is 5.75 Å². The quantitative estimate of drug-likeness (QED) is 0.227. The molecular formula is C22H29NO7. The summed E-state index contributed by atoms with van der Waals surface area (Å²) in [7, 11) is 0. The Morgan fingerprint density at radius 3 is 2.03 bits per heavy atom. The van der Waals surface area contributed by atoms with E-state index in [1.54, 1.807) is 26.0 Å². The highest BCUT2D eigenvalue weighted by atomic mass is 16.6. The number of esters is 2. The molecule has 0 heterocycles. The average molecular weight is 419 g/mol. The summed E-state index contributed by atoms with van der Waals surface area (Å²) in [5, 5.41) is 2.55. The fourth-order valence-corrected chi connectivity index (χ4v) is 2.03. The largest absolute Gasteiger partial charge is 0.490 e. The summed E-state index contributed by atoms with van der Waals surface area (Å²) in [4.78, 5) is 34.0. The molecule has 0 aromatic heterocycles. The Morgan fingerprint density at radius 2 is 1.43 bits per heavy atom. The highest BCUT2D eigenvalue weighted by Gasteiger charge is 2.05. The van der Waals surface area contributed by atoms with Crippen LogP contribution in [0.25, 0.3) is 0 Å². The van der Waals surface area contributed by atoms with Crippen LogP contribution in [0.4, 0.5) is 4.79 Å². The molecule has 1 rings (SSSR count). The van der Waals surface area contributed by atoms with Gasteiger partial charge in [0.15, 0.2) is 0 Å². The second-order valence-corrected chi connectivity index (χ2v) is 6.49. The Kier molecular flexibility index (Phi) is 11.4. The number of ether oxygens (including phenoxy) is 4. The molecule has 30 heavy (non-hydrogen) atoms. The van der Waals surface area contributed by atoms with Crippen LogP contribution in [0, 0.1) is 0 Å². The van der Waals surface area contributed by atoms with Crippen LogP contribution in [0.15, 0.2) is 48.6 Å². The van der Waals surface area contributed by atoms with E-state index in [9.17, 15) is 14.4 Å². The third-order valence-corrected chi connectivity index (χ3v) is 3.65. The number of carbonyl (C=O) groups is 3. The van der Waals surface area contributed by atoms with Gasteiger partial charge in [-0.25, -0.2) is 14.4 Å². The standard InChI is InChI=1S/C22H29NO7/c1-16(2)20(24)28-12-5-11-23-22(26)30-15-14-27-19-8-6-18(7-9-19)10-13-29-21(25)17(3)4/h6-9H,1,3,5,10-15H2,2,4H3,(H,23,26). The molecular weight excluding hydrogens is 390 g/mol.